The van der Waals surface area contributed by atoms with Crippen LogP contribution in [-0.4, -0.2) is 56.1 Å². The topological polar surface area (TPSA) is 6.48 Å². The molecule has 2 nitrogen and oxygen atoms in total. The molecule has 0 bridgehead atoms. The molecule has 2 rings (SSSR count). The van der Waals surface area contributed by atoms with Crippen LogP contribution in [0.2, 0.25) is 0 Å². The fourth-order valence-electron chi connectivity index (χ4n) is 2.27. The zero-order chi connectivity index (χ0) is 14.9. The second-order valence-electron chi connectivity index (χ2n) is 5.08. The Hall–Kier alpha value is 1.18. The van der Waals surface area contributed by atoms with E-state index in [2.05, 4.69) is 9.80 Å². The van der Waals surface area contributed by atoms with E-state index >= 15 is 0 Å². The molecule has 0 amide bonds. The van der Waals surface area contributed by atoms with Crippen molar-refractivity contribution in [2.75, 3.05) is 37.7 Å². The van der Waals surface area contributed by atoms with Gasteiger partial charge in [0, 0.05) is 37.7 Å². The first-order valence-electron chi connectivity index (χ1n) is 7.44. The van der Waals surface area contributed by atoms with Gasteiger partial charge in [0.1, 0.15) is 8.64 Å². The first kappa shape index (κ1) is 18.5. The summed E-state index contributed by atoms with van der Waals surface area (Å²) in [6.45, 7) is 4.64. The lowest BCUT2D eigenvalue weighted by Crippen LogP contribution is -2.22. The Morgan fingerprint density at radius 1 is 0.714 bits per heavy atom. The van der Waals surface area contributed by atoms with Crippen molar-refractivity contribution in [3.8, 4) is 0 Å². The molecule has 0 aromatic carbocycles. The first-order valence-corrected chi connectivity index (χ1v) is 12.9. The Balaban J connectivity index is 1.41. The molecule has 0 saturated carbocycles. The average Bonchev–Trinajstić information content (AvgIpc) is 3.18. The monoisotopic (exact) mass is 398 g/mol. The second-order valence-corrected chi connectivity index (χ2v) is 11.2. The molecule has 0 N–H and O–H groups in total. The zero-order valence-corrected chi connectivity index (χ0v) is 17.0. The van der Waals surface area contributed by atoms with Crippen LogP contribution in [0.1, 0.15) is 32.1 Å². The second kappa shape index (κ2) is 10.9. The molecule has 2 fully saturated rings. The summed E-state index contributed by atoms with van der Waals surface area (Å²) in [5, 5.41) is 0. The van der Waals surface area contributed by atoms with Gasteiger partial charge in [0.2, 0.25) is 0 Å². The molecule has 2 aliphatic rings. The smallest absolute Gasteiger partial charge is 0.147 e. The highest BCUT2D eigenvalue weighted by Crippen LogP contribution is 2.31. The van der Waals surface area contributed by atoms with Crippen molar-refractivity contribution in [3.63, 3.8) is 0 Å². The molecule has 0 atom stereocenters. The van der Waals surface area contributed by atoms with Gasteiger partial charge < -0.3 is 9.80 Å². The van der Waals surface area contributed by atoms with Gasteiger partial charge in [-0.05, 0) is 53.7 Å². The van der Waals surface area contributed by atoms with Crippen molar-refractivity contribution in [1.29, 1.82) is 0 Å². The van der Waals surface area contributed by atoms with Crippen LogP contribution < -0.4 is 0 Å². The predicted molar refractivity (Wildman–Crippen MR) is 112 cm³/mol. The van der Waals surface area contributed by atoms with Crippen molar-refractivity contribution in [3.05, 3.63) is 0 Å². The fraction of sp³-hybridized carbons (Fsp3) is 0.846. The standard InChI is InChI=1S/C13H22N2S6/c16-12(14-6-1-2-7-14)20-18-10-5-11-19-21-13(17)15-8-3-4-9-15/h1-11H2. The molecule has 0 unspecified atom stereocenters. The molecule has 2 saturated heterocycles. The Labute approximate surface area is 155 Å². The van der Waals surface area contributed by atoms with E-state index in [0.717, 1.165) is 34.8 Å². The van der Waals surface area contributed by atoms with E-state index < -0.39 is 0 Å². The third-order valence-corrected chi connectivity index (χ3v) is 9.70. The molecule has 0 aromatic heterocycles. The van der Waals surface area contributed by atoms with Crippen molar-refractivity contribution in [1.82, 2.24) is 9.80 Å². The molecule has 21 heavy (non-hydrogen) atoms. The number of hydrogen-bond donors (Lipinski definition) is 0. The fourth-order valence-corrected chi connectivity index (χ4v) is 7.59. The Bertz CT molecular complexity index is 308. The maximum Gasteiger partial charge on any atom is 0.147 e. The minimum Gasteiger partial charge on any atom is -0.357 e. The molecule has 0 radical (unpaired) electrons. The van der Waals surface area contributed by atoms with Crippen LogP contribution in [0.25, 0.3) is 0 Å². The lowest BCUT2D eigenvalue weighted by Gasteiger charge is -2.17. The maximum atomic E-state index is 5.45. The largest absolute Gasteiger partial charge is 0.357 e. The van der Waals surface area contributed by atoms with E-state index in [-0.39, 0.29) is 0 Å². The number of thiocarbonyl (C=S) groups is 2. The molecule has 2 heterocycles. The summed E-state index contributed by atoms with van der Waals surface area (Å²) >= 11 is 10.9. The quantitative estimate of drug-likeness (QED) is 0.349. The summed E-state index contributed by atoms with van der Waals surface area (Å²) in [5.41, 5.74) is 0. The van der Waals surface area contributed by atoms with Crippen LogP contribution in [0.3, 0.4) is 0 Å². The third kappa shape index (κ3) is 7.08. The van der Waals surface area contributed by atoms with Gasteiger partial charge in [-0.1, -0.05) is 46.0 Å². The van der Waals surface area contributed by atoms with Crippen molar-refractivity contribution in [2.45, 2.75) is 32.1 Å². The van der Waals surface area contributed by atoms with E-state index in [1.165, 1.54) is 43.6 Å². The van der Waals surface area contributed by atoms with E-state index in [1.807, 2.05) is 21.6 Å². The van der Waals surface area contributed by atoms with Crippen LogP contribution in [0.5, 0.6) is 0 Å². The van der Waals surface area contributed by atoms with Crippen molar-refractivity contribution in [2.24, 2.45) is 0 Å². The Kier molecular flexibility index (Phi) is 9.58. The minimum atomic E-state index is 1.08. The van der Waals surface area contributed by atoms with Gasteiger partial charge in [-0.2, -0.15) is 0 Å². The highest BCUT2D eigenvalue weighted by Gasteiger charge is 2.16. The van der Waals surface area contributed by atoms with E-state index in [1.54, 1.807) is 21.6 Å². The molecule has 120 valence electrons. The number of likely N-dealkylation sites (tertiary alicyclic amines) is 2. The third-order valence-electron chi connectivity index (χ3n) is 3.44. The highest BCUT2D eigenvalue weighted by molar-refractivity contribution is 8.84. The van der Waals surface area contributed by atoms with Gasteiger partial charge in [-0.3, -0.25) is 0 Å². The van der Waals surface area contributed by atoms with Crippen LogP contribution in [-0.2, 0) is 0 Å². The number of nitrogens with zero attached hydrogens (tertiary/aromatic N) is 2. The van der Waals surface area contributed by atoms with Crippen LogP contribution in [0.4, 0.5) is 0 Å². The molecule has 0 aromatic rings. The lowest BCUT2D eigenvalue weighted by molar-refractivity contribution is 0.539. The minimum absolute atomic E-state index is 1.08. The summed E-state index contributed by atoms with van der Waals surface area (Å²) in [5.74, 6) is 2.34. The van der Waals surface area contributed by atoms with Gasteiger partial charge in [0.15, 0.2) is 0 Å². The van der Waals surface area contributed by atoms with Crippen molar-refractivity contribution >= 4 is 76.3 Å². The van der Waals surface area contributed by atoms with Gasteiger partial charge in [-0.15, -0.1) is 0 Å². The normalized spacial score (nSPS) is 18.5. The number of hydrogen-bond acceptors (Lipinski definition) is 6. The zero-order valence-electron chi connectivity index (χ0n) is 12.1. The molecular formula is C13H22N2S6. The molecule has 0 spiro atoms. The highest BCUT2D eigenvalue weighted by atomic mass is 33.1. The number of rotatable bonds is 6. The van der Waals surface area contributed by atoms with Crippen LogP contribution in [0.15, 0.2) is 0 Å². The van der Waals surface area contributed by atoms with Gasteiger partial charge >= 0.3 is 0 Å². The molecule has 8 heteroatoms. The van der Waals surface area contributed by atoms with Gasteiger partial charge in [0.25, 0.3) is 0 Å². The first-order chi connectivity index (χ1) is 10.3. The predicted octanol–water partition coefficient (Wildman–Crippen LogP) is 4.90. The SMILES string of the molecule is S=C(SSCCCSSC(=S)N1CCCC1)N1CCCC1. The Morgan fingerprint density at radius 2 is 1.10 bits per heavy atom. The lowest BCUT2D eigenvalue weighted by atomic mass is 10.4. The molecular weight excluding hydrogens is 377 g/mol. The van der Waals surface area contributed by atoms with E-state index in [4.69, 9.17) is 24.4 Å². The molecule has 0 aliphatic carbocycles. The summed E-state index contributed by atoms with van der Waals surface area (Å²) in [4.78, 5) is 4.68. The summed E-state index contributed by atoms with van der Waals surface area (Å²) in [6, 6.07) is 0. The van der Waals surface area contributed by atoms with Crippen LogP contribution >= 0.6 is 67.6 Å². The maximum absolute atomic E-state index is 5.45. The average molecular weight is 399 g/mol. The van der Waals surface area contributed by atoms with Gasteiger partial charge in [0.05, 0.1) is 0 Å². The van der Waals surface area contributed by atoms with E-state index in [0.29, 0.717) is 0 Å². The van der Waals surface area contributed by atoms with Gasteiger partial charge in [-0.25, -0.2) is 0 Å². The van der Waals surface area contributed by atoms with Crippen molar-refractivity contribution < 1.29 is 0 Å². The Morgan fingerprint density at radius 3 is 1.48 bits per heavy atom. The van der Waals surface area contributed by atoms with Crippen LogP contribution in [0, 0.1) is 0 Å². The molecule has 2 aliphatic heterocycles. The van der Waals surface area contributed by atoms with E-state index in [9.17, 15) is 0 Å². The summed E-state index contributed by atoms with van der Waals surface area (Å²) in [6.07, 6.45) is 6.43. The summed E-state index contributed by atoms with van der Waals surface area (Å²) in [7, 11) is 7.37. The summed E-state index contributed by atoms with van der Waals surface area (Å²) < 4.78 is 2.16.